The van der Waals surface area contributed by atoms with Gasteiger partial charge in [0.2, 0.25) is 0 Å². The molecule has 3 aromatic rings. The molecule has 1 aliphatic heterocycles. The summed E-state index contributed by atoms with van der Waals surface area (Å²) < 4.78 is 22.5. The maximum Gasteiger partial charge on any atom is 0.255 e. The molecule has 3 aromatic carbocycles. The van der Waals surface area contributed by atoms with Crippen molar-refractivity contribution in [2.45, 2.75) is 0 Å². The highest BCUT2D eigenvalue weighted by molar-refractivity contribution is 6.04. The number of carbonyl (C=O) groups excluding carboxylic acids is 1. The average Bonchev–Trinajstić information content (AvgIpc) is 2.94. The molecule has 0 aliphatic carbocycles. The lowest BCUT2D eigenvalue weighted by Crippen LogP contribution is -2.46. The fourth-order valence-electron chi connectivity index (χ4n) is 4.01. The number of alkyl halides is 1. The molecule has 1 heterocycles. The number of hydrogen-bond donors (Lipinski definition) is 1. The Morgan fingerprint density at radius 1 is 0.833 bits per heavy atom. The van der Waals surface area contributed by atoms with Gasteiger partial charge in [0.15, 0.2) is 0 Å². The zero-order valence-corrected chi connectivity index (χ0v) is 20.0. The van der Waals surface area contributed by atoms with E-state index in [9.17, 15) is 9.18 Å². The molecule has 0 radical (unpaired) electrons. The van der Waals surface area contributed by atoms with Crippen molar-refractivity contribution in [1.29, 1.82) is 5.26 Å². The second-order valence-electron chi connectivity index (χ2n) is 8.31. The summed E-state index contributed by atoms with van der Waals surface area (Å²) in [5.74, 6) is 0.427. The first-order valence-corrected chi connectivity index (χ1v) is 11.9. The number of halogens is 1. The standard InChI is InChI=1S/C28H29FN4O3/c29-13-18-35-19-20-36-27-11-3-23(4-12-27)28(34)31-24-5-9-26(10-6-24)33-16-14-32(15-17-33)25-7-1-22(21-30)2-8-25/h1-12H,13-20H2,(H,31,34). The molecule has 8 heteroatoms. The van der Waals surface area contributed by atoms with Crippen LogP contribution in [0.1, 0.15) is 15.9 Å². The fourth-order valence-corrected chi connectivity index (χ4v) is 4.01. The molecule has 0 bridgehead atoms. The maximum absolute atomic E-state index is 12.6. The van der Waals surface area contributed by atoms with E-state index in [0.29, 0.717) is 30.1 Å². The summed E-state index contributed by atoms with van der Waals surface area (Å²) in [4.78, 5) is 17.3. The molecule has 0 saturated carbocycles. The third-order valence-corrected chi connectivity index (χ3v) is 5.97. The van der Waals surface area contributed by atoms with E-state index in [4.69, 9.17) is 14.7 Å². The predicted octanol–water partition coefficient (Wildman–Crippen LogP) is 4.50. The molecule has 1 amide bonds. The lowest BCUT2D eigenvalue weighted by Gasteiger charge is -2.37. The number of nitrogens with zero attached hydrogens (tertiary/aromatic N) is 3. The second kappa shape index (κ2) is 12.6. The van der Waals surface area contributed by atoms with Crippen molar-refractivity contribution < 1.29 is 18.7 Å². The summed E-state index contributed by atoms with van der Waals surface area (Å²) in [7, 11) is 0. The van der Waals surface area contributed by atoms with Crippen molar-refractivity contribution in [3.05, 3.63) is 83.9 Å². The van der Waals surface area contributed by atoms with Crippen molar-refractivity contribution in [1.82, 2.24) is 0 Å². The Balaban J connectivity index is 1.24. The van der Waals surface area contributed by atoms with Crippen LogP contribution < -0.4 is 19.9 Å². The first-order valence-electron chi connectivity index (χ1n) is 11.9. The van der Waals surface area contributed by atoms with Crippen LogP contribution in [0.4, 0.5) is 21.5 Å². The van der Waals surface area contributed by atoms with Crippen LogP contribution in [-0.4, -0.2) is 58.6 Å². The minimum Gasteiger partial charge on any atom is -0.491 e. The van der Waals surface area contributed by atoms with E-state index in [0.717, 1.165) is 43.2 Å². The Hall–Kier alpha value is -4.09. The van der Waals surface area contributed by atoms with Crippen LogP contribution in [0.5, 0.6) is 5.75 Å². The first-order chi connectivity index (χ1) is 17.7. The Kier molecular flexibility index (Phi) is 8.73. The van der Waals surface area contributed by atoms with Crippen molar-refractivity contribution in [2.24, 2.45) is 0 Å². The number of amides is 1. The van der Waals surface area contributed by atoms with Crippen LogP contribution in [0.2, 0.25) is 0 Å². The minimum absolute atomic E-state index is 0.0694. The Morgan fingerprint density at radius 2 is 1.42 bits per heavy atom. The number of anilines is 3. The van der Waals surface area contributed by atoms with Crippen molar-refractivity contribution >= 4 is 23.0 Å². The van der Waals surface area contributed by atoms with Gasteiger partial charge in [-0.25, -0.2) is 4.39 Å². The van der Waals surface area contributed by atoms with E-state index in [1.54, 1.807) is 24.3 Å². The Labute approximate surface area is 210 Å². The van der Waals surface area contributed by atoms with Gasteiger partial charge in [-0.1, -0.05) is 0 Å². The molecular weight excluding hydrogens is 459 g/mol. The van der Waals surface area contributed by atoms with Crippen molar-refractivity contribution in [3.8, 4) is 11.8 Å². The molecule has 1 aliphatic rings. The molecule has 0 spiro atoms. The van der Waals surface area contributed by atoms with Crippen LogP contribution in [0.25, 0.3) is 0 Å². The van der Waals surface area contributed by atoms with Gasteiger partial charge in [0.25, 0.3) is 5.91 Å². The van der Waals surface area contributed by atoms with Gasteiger partial charge in [-0.15, -0.1) is 0 Å². The van der Waals surface area contributed by atoms with Gasteiger partial charge in [-0.2, -0.15) is 5.26 Å². The lowest BCUT2D eigenvalue weighted by molar-refractivity contribution is 0.0897. The van der Waals surface area contributed by atoms with E-state index >= 15 is 0 Å². The van der Waals surface area contributed by atoms with Gasteiger partial charge >= 0.3 is 0 Å². The fraction of sp³-hybridized carbons (Fsp3) is 0.286. The van der Waals surface area contributed by atoms with E-state index < -0.39 is 6.67 Å². The molecule has 186 valence electrons. The highest BCUT2D eigenvalue weighted by atomic mass is 19.1. The largest absolute Gasteiger partial charge is 0.491 e. The summed E-state index contributed by atoms with van der Waals surface area (Å²) >= 11 is 0. The van der Waals surface area contributed by atoms with Gasteiger partial charge < -0.3 is 24.6 Å². The number of rotatable bonds is 10. The van der Waals surface area contributed by atoms with Gasteiger partial charge in [0.05, 0.1) is 24.8 Å². The molecule has 1 fully saturated rings. The third kappa shape index (κ3) is 6.74. The Morgan fingerprint density at radius 3 is 1.97 bits per heavy atom. The first kappa shape index (κ1) is 25.0. The van der Waals surface area contributed by atoms with Crippen LogP contribution in [0.15, 0.2) is 72.8 Å². The summed E-state index contributed by atoms with van der Waals surface area (Å²) in [6, 6.07) is 24.6. The molecular formula is C28H29FN4O3. The van der Waals surface area contributed by atoms with Gasteiger partial charge in [-0.3, -0.25) is 4.79 Å². The number of carbonyl (C=O) groups is 1. The molecule has 0 unspecified atom stereocenters. The van der Waals surface area contributed by atoms with E-state index in [2.05, 4.69) is 21.2 Å². The lowest BCUT2D eigenvalue weighted by atomic mass is 10.1. The van der Waals surface area contributed by atoms with Crippen LogP contribution >= 0.6 is 0 Å². The highest BCUT2D eigenvalue weighted by Gasteiger charge is 2.18. The number of ether oxygens (including phenoxy) is 2. The summed E-state index contributed by atoms with van der Waals surface area (Å²) in [5.41, 5.74) is 4.17. The molecule has 1 N–H and O–H groups in total. The molecule has 36 heavy (non-hydrogen) atoms. The number of hydrogen-bond acceptors (Lipinski definition) is 6. The number of nitriles is 1. The normalized spacial score (nSPS) is 13.2. The number of benzene rings is 3. The third-order valence-electron chi connectivity index (χ3n) is 5.97. The van der Waals surface area contributed by atoms with Crippen LogP contribution in [-0.2, 0) is 4.74 Å². The summed E-state index contributed by atoms with van der Waals surface area (Å²) in [5, 5.41) is 11.9. The van der Waals surface area contributed by atoms with E-state index in [1.807, 2.05) is 48.5 Å². The topological polar surface area (TPSA) is 77.8 Å². The molecule has 4 rings (SSSR count). The number of nitrogens with one attached hydrogen (secondary N) is 1. The quantitative estimate of drug-likeness (QED) is 0.424. The van der Waals surface area contributed by atoms with Crippen molar-refractivity contribution in [3.63, 3.8) is 0 Å². The zero-order valence-electron chi connectivity index (χ0n) is 20.0. The Bertz CT molecular complexity index is 1150. The van der Waals surface area contributed by atoms with Crippen LogP contribution in [0.3, 0.4) is 0 Å². The number of piperazine rings is 1. The van der Waals surface area contributed by atoms with E-state index in [-0.39, 0.29) is 12.5 Å². The molecule has 0 aromatic heterocycles. The summed E-state index contributed by atoms with van der Waals surface area (Å²) in [6.07, 6.45) is 0. The SMILES string of the molecule is N#Cc1ccc(N2CCN(c3ccc(NC(=O)c4ccc(OCCOCCF)cc4)cc3)CC2)cc1. The van der Waals surface area contributed by atoms with Gasteiger partial charge in [-0.05, 0) is 72.8 Å². The zero-order chi connectivity index (χ0) is 25.2. The second-order valence-corrected chi connectivity index (χ2v) is 8.31. The van der Waals surface area contributed by atoms with E-state index in [1.165, 1.54) is 0 Å². The maximum atomic E-state index is 12.6. The highest BCUT2D eigenvalue weighted by Crippen LogP contribution is 2.23. The summed E-state index contributed by atoms with van der Waals surface area (Å²) in [6.45, 7) is 3.77. The monoisotopic (exact) mass is 488 g/mol. The minimum atomic E-state index is -0.509. The predicted molar refractivity (Wildman–Crippen MR) is 139 cm³/mol. The van der Waals surface area contributed by atoms with Gasteiger partial charge in [0.1, 0.15) is 19.0 Å². The van der Waals surface area contributed by atoms with Gasteiger partial charge in [0, 0.05) is 48.8 Å². The molecule has 0 atom stereocenters. The molecule has 7 nitrogen and oxygen atoms in total. The van der Waals surface area contributed by atoms with Crippen molar-refractivity contribution in [2.75, 3.05) is 67.8 Å². The average molecular weight is 489 g/mol. The van der Waals surface area contributed by atoms with Crippen LogP contribution in [0, 0.1) is 11.3 Å². The molecule has 1 saturated heterocycles. The smallest absolute Gasteiger partial charge is 0.255 e.